The van der Waals surface area contributed by atoms with E-state index in [1.54, 1.807) is 19.2 Å². The van der Waals surface area contributed by atoms with E-state index in [0.717, 1.165) is 0 Å². The number of anilines is 1. The Balaban J connectivity index is 2.32. The lowest BCUT2D eigenvalue weighted by Gasteiger charge is -2.17. The van der Waals surface area contributed by atoms with Gasteiger partial charge in [0.1, 0.15) is 5.75 Å². The Morgan fingerprint density at radius 2 is 2.06 bits per heavy atom. The summed E-state index contributed by atoms with van der Waals surface area (Å²) >= 11 is 0. The summed E-state index contributed by atoms with van der Waals surface area (Å²) < 4.78 is 0. The van der Waals surface area contributed by atoms with E-state index < -0.39 is 0 Å². The van der Waals surface area contributed by atoms with Crippen molar-refractivity contribution in [2.24, 2.45) is 0 Å². The topological polar surface area (TPSA) is 73.4 Å². The highest BCUT2D eigenvalue weighted by Gasteiger charge is 2.13. The number of nitrogens with one attached hydrogen (secondary N) is 1. The summed E-state index contributed by atoms with van der Waals surface area (Å²) in [6.45, 7) is 0. The van der Waals surface area contributed by atoms with Crippen LogP contribution in [0.4, 0.5) is 5.69 Å². The first kappa shape index (κ1) is 11.9. The number of aromatic amines is 1. The second-order valence-electron chi connectivity index (χ2n) is 3.83. The molecule has 0 saturated heterocycles. The van der Waals surface area contributed by atoms with Crippen molar-refractivity contribution in [1.29, 1.82) is 0 Å². The van der Waals surface area contributed by atoms with E-state index in [1.807, 2.05) is 0 Å². The van der Waals surface area contributed by atoms with Crippen LogP contribution in [0.2, 0.25) is 0 Å². The van der Waals surface area contributed by atoms with Gasteiger partial charge in [-0.15, -0.1) is 0 Å². The third-order valence-corrected chi connectivity index (χ3v) is 2.54. The summed E-state index contributed by atoms with van der Waals surface area (Å²) in [4.78, 5) is 27.1. The minimum Gasteiger partial charge on any atom is -0.508 e. The number of amides is 1. The van der Waals surface area contributed by atoms with Gasteiger partial charge in [0.15, 0.2) is 0 Å². The Labute approximate surface area is 103 Å². The second-order valence-corrected chi connectivity index (χ2v) is 3.83. The molecule has 18 heavy (non-hydrogen) atoms. The van der Waals surface area contributed by atoms with E-state index in [4.69, 9.17) is 0 Å². The predicted molar refractivity (Wildman–Crippen MR) is 67.9 cm³/mol. The molecule has 2 rings (SSSR count). The highest BCUT2D eigenvalue weighted by molar-refractivity contribution is 6.05. The molecule has 0 fully saturated rings. The van der Waals surface area contributed by atoms with Crippen molar-refractivity contribution in [3.63, 3.8) is 0 Å². The van der Waals surface area contributed by atoms with Crippen LogP contribution in [0.5, 0.6) is 5.75 Å². The Bertz CT molecular complexity index is 634. The van der Waals surface area contributed by atoms with Crippen molar-refractivity contribution in [2.45, 2.75) is 0 Å². The molecule has 1 aromatic heterocycles. The standard InChI is InChI=1S/C13H12N2O3/c1-15(10-3-2-4-11(16)8-10)13(18)9-5-6-14-12(17)7-9/h2-8,16H,1H3,(H,14,17). The molecule has 2 aromatic rings. The van der Waals surface area contributed by atoms with Gasteiger partial charge >= 0.3 is 0 Å². The minimum atomic E-state index is -0.329. The van der Waals surface area contributed by atoms with Crippen molar-refractivity contribution in [2.75, 3.05) is 11.9 Å². The number of hydrogen-bond acceptors (Lipinski definition) is 3. The quantitative estimate of drug-likeness (QED) is 0.837. The molecule has 0 unspecified atom stereocenters. The minimum absolute atomic E-state index is 0.0815. The molecule has 0 spiro atoms. The van der Waals surface area contributed by atoms with E-state index in [1.165, 1.54) is 35.4 Å². The van der Waals surface area contributed by atoms with Gasteiger partial charge in [-0.3, -0.25) is 9.59 Å². The van der Waals surface area contributed by atoms with Gasteiger partial charge in [-0.1, -0.05) is 6.07 Å². The maximum atomic E-state index is 12.1. The maximum absolute atomic E-state index is 12.1. The van der Waals surface area contributed by atoms with Crippen LogP contribution >= 0.6 is 0 Å². The van der Waals surface area contributed by atoms with E-state index >= 15 is 0 Å². The monoisotopic (exact) mass is 244 g/mol. The number of pyridine rings is 1. The smallest absolute Gasteiger partial charge is 0.258 e. The van der Waals surface area contributed by atoms with Crippen molar-refractivity contribution < 1.29 is 9.90 Å². The number of nitrogens with zero attached hydrogens (tertiary/aromatic N) is 1. The van der Waals surface area contributed by atoms with Crippen LogP contribution in [0.1, 0.15) is 10.4 Å². The molecular weight excluding hydrogens is 232 g/mol. The molecule has 5 nitrogen and oxygen atoms in total. The number of phenols is 1. The first-order valence-electron chi connectivity index (χ1n) is 5.34. The Kier molecular flexibility index (Phi) is 3.14. The van der Waals surface area contributed by atoms with Gasteiger partial charge in [0, 0.05) is 36.6 Å². The first-order chi connectivity index (χ1) is 8.58. The summed E-state index contributed by atoms with van der Waals surface area (Å²) in [6, 6.07) is 9.11. The van der Waals surface area contributed by atoms with Gasteiger partial charge in [0.2, 0.25) is 5.56 Å². The SMILES string of the molecule is CN(C(=O)c1cc[nH]c(=O)c1)c1cccc(O)c1. The van der Waals surface area contributed by atoms with Crippen molar-refractivity contribution in [3.05, 3.63) is 58.5 Å². The Hall–Kier alpha value is -2.56. The molecule has 0 saturated carbocycles. The van der Waals surface area contributed by atoms with E-state index in [2.05, 4.69) is 4.98 Å². The molecule has 0 atom stereocenters. The molecular formula is C13H12N2O3. The second kappa shape index (κ2) is 4.75. The number of carbonyl (C=O) groups is 1. The third kappa shape index (κ3) is 2.40. The van der Waals surface area contributed by atoms with Crippen molar-refractivity contribution >= 4 is 11.6 Å². The molecule has 0 aliphatic rings. The number of phenolic OH excluding ortho intramolecular Hbond substituents is 1. The lowest BCUT2D eigenvalue weighted by Crippen LogP contribution is -2.27. The summed E-state index contributed by atoms with van der Waals surface area (Å²) in [5, 5.41) is 9.37. The molecule has 1 amide bonds. The van der Waals surface area contributed by atoms with Crippen LogP contribution in [0.15, 0.2) is 47.4 Å². The van der Waals surface area contributed by atoms with Gasteiger partial charge in [-0.05, 0) is 18.2 Å². The number of H-pyrrole nitrogens is 1. The zero-order chi connectivity index (χ0) is 13.1. The molecule has 0 radical (unpaired) electrons. The molecule has 1 aromatic carbocycles. The lowest BCUT2D eigenvalue weighted by molar-refractivity contribution is 0.0993. The average Bonchev–Trinajstić information content (AvgIpc) is 2.37. The zero-order valence-corrected chi connectivity index (χ0v) is 9.75. The highest BCUT2D eigenvalue weighted by Crippen LogP contribution is 2.20. The van der Waals surface area contributed by atoms with Crippen LogP contribution < -0.4 is 10.5 Å². The molecule has 92 valence electrons. The first-order valence-corrected chi connectivity index (χ1v) is 5.34. The fourth-order valence-electron chi connectivity index (χ4n) is 1.59. The molecule has 0 aliphatic heterocycles. The van der Waals surface area contributed by atoms with Crippen LogP contribution in [-0.2, 0) is 0 Å². The number of aromatic hydroxyl groups is 1. The van der Waals surface area contributed by atoms with Gasteiger partial charge in [-0.2, -0.15) is 0 Å². The molecule has 0 bridgehead atoms. The van der Waals surface area contributed by atoms with Crippen LogP contribution in [0, 0.1) is 0 Å². The largest absolute Gasteiger partial charge is 0.508 e. The lowest BCUT2D eigenvalue weighted by atomic mass is 10.2. The van der Waals surface area contributed by atoms with Crippen molar-refractivity contribution in [3.8, 4) is 5.75 Å². The summed E-state index contributed by atoms with van der Waals surface area (Å²) in [6.07, 6.45) is 1.42. The van der Waals surface area contributed by atoms with E-state index in [9.17, 15) is 14.7 Å². The number of rotatable bonds is 2. The Morgan fingerprint density at radius 1 is 1.28 bits per heavy atom. The van der Waals surface area contributed by atoms with Crippen LogP contribution in [0.3, 0.4) is 0 Å². The fraction of sp³-hybridized carbons (Fsp3) is 0.0769. The normalized spacial score (nSPS) is 10.1. The number of aromatic nitrogens is 1. The van der Waals surface area contributed by atoms with Gasteiger partial charge in [0.25, 0.3) is 5.91 Å². The van der Waals surface area contributed by atoms with Gasteiger partial charge < -0.3 is 15.0 Å². The molecule has 2 N–H and O–H groups in total. The zero-order valence-electron chi connectivity index (χ0n) is 9.75. The summed E-state index contributed by atoms with van der Waals surface area (Å²) in [7, 11) is 1.58. The number of benzene rings is 1. The van der Waals surface area contributed by atoms with E-state index in [-0.39, 0.29) is 17.2 Å². The molecule has 1 heterocycles. The van der Waals surface area contributed by atoms with Gasteiger partial charge in [-0.25, -0.2) is 0 Å². The fourth-order valence-corrected chi connectivity index (χ4v) is 1.59. The van der Waals surface area contributed by atoms with Gasteiger partial charge in [0.05, 0.1) is 0 Å². The molecule has 0 aliphatic carbocycles. The van der Waals surface area contributed by atoms with Crippen LogP contribution in [-0.4, -0.2) is 23.0 Å². The highest BCUT2D eigenvalue weighted by atomic mass is 16.3. The van der Waals surface area contributed by atoms with Crippen molar-refractivity contribution in [1.82, 2.24) is 4.98 Å². The predicted octanol–water partition coefficient (Wildman–Crippen LogP) is 1.36. The number of hydrogen-bond donors (Lipinski definition) is 2. The Morgan fingerprint density at radius 3 is 2.72 bits per heavy atom. The summed E-state index contributed by atoms with van der Waals surface area (Å²) in [5.74, 6) is -0.232. The van der Waals surface area contributed by atoms with Crippen LogP contribution in [0.25, 0.3) is 0 Å². The summed E-state index contributed by atoms with van der Waals surface area (Å²) in [5.41, 5.74) is 0.523. The molecule has 5 heteroatoms. The van der Waals surface area contributed by atoms with E-state index in [0.29, 0.717) is 11.3 Å². The number of carbonyl (C=O) groups excluding carboxylic acids is 1. The average molecular weight is 244 g/mol. The third-order valence-electron chi connectivity index (χ3n) is 2.54. The maximum Gasteiger partial charge on any atom is 0.258 e.